The van der Waals surface area contributed by atoms with Crippen molar-refractivity contribution in [1.29, 1.82) is 0 Å². The maximum Gasteiger partial charge on any atom is 0.246 e. The number of hydrogen-bond donors (Lipinski definition) is 2. The fraction of sp³-hybridized carbons (Fsp3) is 0.261. The topological polar surface area (TPSA) is 76.6 Å². The summed E-state index contributed by atoms with van der Waals surface area (Å²) in [5, 5.41) is 3.18. The van der Waals surface area contributed by atoms with Crippen LogP contribution >= 0.6 is 0 Å². The van der Waals surface area contributed by atoms with E-state index >= 15 is 0 Å². The van der Waals surface area contributed by atoms with Gasteiger partial charge in [-0.25, -0.2) is 4.98 Å². The standard InChI is InChI=1S/C23H26N6O/c1-24-23(26-15-22(30)29-13-12-18-10-6-7-11-20(18)29)28(2)16-21-25-14-19(27-21)17-8-4-3-5-9-17/h3-11,14H,12-13,15-16H2,1-2H3,(H,24,26)(H,25,27). The minimum absolute atomic E-state index is 0.0406. The number of guanidine groups is 1. The number of amides is 1. The van der Waals surface area contributed by atoms with E-state index in [0.29, 0.717) is 12.5 Å². The first-order valence-corrected chi connectivity index (χ1v) is 10.0. The fourth-order valence-corrected chi connectivity index (χ4v) is 3.74. The number of aromatic nitrogens is 2. The van der Waals surface area contributed by atoms with Crippen molar-refractivity contribution >= 4 is 17.6 Å². The predicted octanol–water partition coefficient (Wildman–Crippen LogP) is 2.67. The number of nitrogens with zero attached hydrogens (tertiary/aromatic N) is 4. The van der Waals surface area contributed by atoms with Gasteiger partial charge in [-0.1, -0.05) is 48.5 Å². The number of H-pyrrole nitrogens is 1. The van der Waals surface area contributed by atoms with Crippen LogP contribution in [0, 0.1) is 0 Å². The number of anilines is 1. The lowest BCUT2D eigenvalue weighted by Crippen LogP contribution is -2.44. The van der Waals surface area contributed by atoms with Crippen LogP contribution in [-0.4, -0.2) is 53.9 Å². The van der Waals surface area contributed by atoms with E-state index in [4.69, 9.17) is 0 Å². The summed E-state index contributed by atoms with van der Waals surface area (Å²) in [6, 6.07) is 18.2. The van der Waals surface area contributed by atoms with Gasteiger partial charge in [0.2, 0.25) is 5.91 Å². The molecule has 7 heteroatoms. The molecule has 7 nitrogen and oxygen atoms in total. The van der Waals surface area contributed by atoms with E-state index in [1.807, 2.05) is 71.6 Å². The molecule has 1 amide bonds. The summed E-state index contributed by atoms with van der Waals surface area (Å²) in [7, 11) is 3.64. The lowest BCUT2D eigenvalue weighted by Gasteiger charge is -2.23. The number of aliphatic imine (C=N–C) groups is 1. The van der Waals surface area contributed by atoms with Crippen molar-refractivity contribution in [2.75, 3.05) is 32.1 Å². The second-order valence-corrected chi connectivity index (χ2v) is 7.29. The third-order valence-corrected chi connectivity index (χ3v) is 5.26. The monoisotopic (exact) mass is 402 g/mol. The number of benzene rings is 2. The van der Waals surface area contributed by atoms with Gasteiger partial charge in [0.05, 0.1) is 25.0 Å². The van der Waals surface area contributed by atoms with Gasteiger partial charge in [0.25, 0.3) is 0 Å². The summed E-state index contributed by atoms with van der Waals surface area (Å²) in [5.41, 5.74) is 4.30. The summed E-state index contributed by atoms with van der Waals surface area (Å²) in [6.45, 7) is 1.47. The first kappa shape index (κ1) is 19.7. The highest BCUT2D eigenvalue weighted by atomic mass is 16.2. The first-order valence-electron chi connectivity index (χ1n) is 10.0. The van der Waals surface area contributed by atoms with E-state index in [0.717, 1.165) is 35.7 Å². The van der Waals surface area contributed by atoms with Crippen molar-refractivity contribution in [2.45, 2.75) is 13.0 Å². The van der Waals surface area contributed by atoms with Crippen molar-refractivity contribution in [3.05, 3.63) is 72.2 Å². The Balaban J connectivity index is 1.34. The van der Waals surface area contributed by atoms with E-state index in [9.17, 15) is 4.79 Å². The molecule has 0 bridgehead atoms. The third kappa shape index (κ3) is 4.20. The summed E-state index contributed by atoms with van der Waals surface area (Å²) in [5.74, 6) is 1.52. The minimum Gasteiger partial charge on any atom is -0.347 e. The molecule has 0 fully saturated rings. The molecule has 0 saturated carbocycles. The first-order chi connectivity index (χ1) is 14.7. The zero-order valence-corrected chi connectivity index (χ0v) is 17.3. The number of rotatable bonds is 5. The van der Waals surface area contributed by atoms with Gasteiger partial charge < -0.3 is 20.1 Å². The summed E-state index contributed by atoms with van der Waals surface area (Å²) < 4.78 is 0. The van der Waals surface area contributed by atoms with E-state index < -0.39 is 0 Å². The van der Waals surface area contributed by atoms with Crippen molar-refractivity contribution < 1.29 is 4.79 Å². The Morgan fingerprint density at radius 1 is 1.20 bits per heavy atom. The molecular weight excluding hydrogens is 376 g/mol. The molecule has 3 aromatic rings. The van der Waals surface area contributed by atoms with E-state index in [1.54, 1.807) is 7.05 Å². The molecule has 0 atom stereocenters. The molecule has 0 radical (unpaired) electrons. The van der Waals surface area contributed by atoms with Gasteiger partial charge in [0.1, 0.15) is 5.82 Å². The van der Waals surface area contributed by atoms with Gasteiger partial charge in [-0.05, 0) is 23.6 Å². The van der Waals surface area contributed by atoms with E-state index in [1.165, 1.54) is 5.56 Å². The Kier molecular flexibility index (Phi) is 5.79. The normalized spacial score (nSPS) is 13.3. The molecule has 2 aromatic carbocycles. The fourth-order valence-electron chi connectivity index (χ4n) is 3.74. The molecule has 154 valence electrons. The maximum absolute atomic E-state index is 12.7. The van der Waals surface area contributed by atoms with Crippen LogP contribution in [0.15, 0.2) is 65.8 Å². The Morgan fingerprint density at radius 3 is 2.77 bits per heavy atom. The quantitative estimate of drug-likeness (QED) is 0.508. The highest BCUT2D eigenvalue weighted by Crippen LogP contribution is 2.27. The average Bonchev–Trinajstić information content (AvgIpc) is 3.42. The third-order valence-electron chi connectivity index (χ3n) is 5.26. The smallest absolute Gasteiger partial charge is 0.246 e. The molecule has 0 unspecified atom stereocenters. The number of para-hydroxylation sites is 1. The summed E-state index contributed by atoms with van der Waals surface area (Å²) in [4.78, 5) is 28.7. The number of aromatic amines is 1. The molecule has 1 aliphatic heterocycles. The zero-order chi connectivity index (χ0) is 20.9. The lowest BCUT2D eigenvalue weighted by molar-refractivity contribution is -0.117. The molecule has 30 heavy (non-hydrogen) atoms. The number of nitrogens with one attached hydrogen (secondary N) is 2. The van der Waals surface area contributed by atoms with Crippen molar-refractivity contribution in [3.63, 3.8) is 0 Å². The molecule has 4 rings (SSSR count). The molecule has 1 aliphatic rings. The summed E-state index contributed by atoms with van der Waals surface area (Å²) in [6.07, 6.45) is 2.74. The molecule has 0 aliphatic carbocycles. The molecule has 2 N–H and O–H groups in total. The SMILES string of the molecule is CN=C(NCC(=O)N1CCc2ccccc21)N(C)Cc1ncc(-c2ccccc2)[nH]1. The van der Waals surface area contributed by atoms with Gasteiger partial charge >= 0.3 is 0 Å². The van der Waals surface area contributed by atoms with Crippen LogP contribution in [0.2, 0.25) is 0 Å². The largest absolute Gasteiger partial charge is 0.347 e. The van der Waals surface area contributed by atoms with Gasteiger partial charge in [-0.15, -0.1) is 0 Å². The zero-order valence-electron chi connectivity index (χ0n) is 17.3. The van der Waals surface area contributed by atoms with Gasteiger partial charge in [0.15, 0.2) is 5.96 Å². The van der Waals surface area contributed by atoms with E-state index in [-0.39, 0.29) is 12.5 Å². The highest BCUT2D eigenvalue weighted by Gasteiger charge is 2.24. The second kappa shape index (κ2) is 8.82. The number of carbonyl (C=O) groups excluding carboxylic acids is 1. The van der Waals surface area contributed by atoms with Crippen LogP contribution in [0.4, 0.5) is 5.69 Å². The van der Waals surface area contributed by atoms with Crippen LogP contribution in [0.3, 0.4) is 0 Å². The Hall–Kier alpha value is -3.61. The average molecular weight is 403 g/mol. The van der Waals surface area contributed by atoms with Crippen molar-refractivity contribution in [2.24, 2.45) is 4.99 Å². The van der Waals surface area contributed by atoms with Crippen molar-refractivity contribution in [3.8, 4) is 11.3 Å². The Bertz CT molecular complexity index is 1040. The van der Waals surface area contributed by atoms with Crippen LogP contribution in [-0.2, 0) is 17.8 Å². The second-order valence-electron chi connectivity index (χ2n) is 7.29. The van der Waals surface area contributed by atoms with Crippen LogP contribution in [0.1, 0.15) is 11.4 Å². The lowest BCUT2D eigenvalue weighted by atomic mass is 10.2. The predicted molar refractivity (Wildman–Crippen MR) is 119 cm³/mol. The number of carbonyl (C=O) groups is 1. The highest BCUT2D eigenvalue weighted by molar-refractivity contribution is 5.98. The number of hydrogen-bond acceptors (Lipinski definition) is 3. The van der Waals surface area contributed by atoms with Crippen molar-refractivity contribution in [1.82, 2.24) is 20.2 Å². The maximum atomic E-state index is 12.7. The molecule has 2 heterocycles. The van der Waals surface area contributed by atoms with Crippen LogP contribution in [0.5, 0.6) is 0 Å². The number of fused-ring (bicyclic) bond motifs is 1. The Labute approximate surface area is 176 Å². The number of imidazole rings is 1. The van der Waals surface area contributed by atoms with Gasteiger partial charge in [-0.2, -0.15) is 0 Å². The molecule has 0 saturated heterocycles. The van der Waals surface area contributed by atoms with Gasteiger partial charge in [0, 0.05) is 26.3 Å². The minimum atomic E-state index is 0.0406. The molecule has 1 aromatic heterocycles. The van der Waals surface area contributed by atoms with Crippen LogP contribution < -0.4 is 10.2 Å². The molecule has 0 spiro atoms. The molecular formula is C23H26N6O. The Morgan fingerprint density at radius 2 is 1.97 bits per heavy atom. The van der Waals surface area contributed by atoms with E-state index in [2.05, 4.69) is 26.3 Å². The van der Waals surface area contributed by atoms with Crippen LogP contribution in [0.25, 0.3) is 11.3 Å². The summed E-state index contributed by atoms with van der Waals surface area (Å²) >= 11 is 0. The van der Waals surface area contributed by atoms with Gasteiger partial charge in [-0.3, -0.25) is 9.79 Å².